The molecule has 1 unspecified atom stereocenters. The largest absolute Gasteiger partial charge is 0.497 e. The predicted octanol–water partition coefficient (Wildman–Crippen LogP) is 3.36. The molecule has 0 saturated carbocycles. The minimum Gasteiger partial charge on any atom is -0.497 e. The molecule has 1 N–H and O–H groups in total. The number of sulfonamides is 1. The number of hydrogen-bond donors (Lipinski definition) is 1. The lowest BCUT2D eigenvalue weighted by atomic mass is 9.98. The molecule has 0 aliphatic carbocycles. The van der Waals surface area contributed by atoms with Crippen molar-refractivity contribution < 1.29 is 22.7 Å². The van der Waals surface area contributed by atoms with Crippen molar-refractivity contribution in [1.82, 2.24) is 4.31 Å². The fraction of sp³-hybridized carbons (Fsp3) is 0.409. The molecule has 0 aromatic heterocycles. The highest BCUT2D eigenvalue weighted by Gasteiger charge is 2.33. The normalized spacial score (nSPS) is 17.4. The molecule has 1 aliphatic rings. The molecular formula is C22H28N2O5S. The molecule has 162 valence electrons. The van der Waals surface area contributed by atoms with E-state index in [9.17, 15) is 13.2 Å². The van der Waals surface area contributed by atoms with Crippen molar-refractivity contribution in [2.45, 2.75) is 31.6 Å². The summed E-state index contributed by atoms with van der Waals surface area (Å²) >= 11 is 0. The van der Waals surface area contributed by atoms with E-state index in [4.69, 9.17) is 9.47 Å². The Morgan fingerprint density at radius 2 is 1.70 bits per heavy atom. The van der Waals surface area contributed by atoms with E-state index in [0.29, 0.717) is 36.6 Å². The Morgan fingerprint density at radius 1 is 1.03 bits per heavy atom. The Labute approximate surface area is 178 Å². The standard InChI is InChI=1S/C22H28N2O5S/c1-15-7-8-21(10-16(15)2)30(26,27)24-9-5-6-17(14-24)22(25)23-18-11-19(28-3)13-20(12-18)29-4/h7-8,10-13,17H,5-6,9,14H2,1-4H3,(H,23,25). The van der Waals surface area contributed by atoms with Crippen LogP contribution in [-0.2, 0) is 14.8 Å². The number of benzene rings is 2. The summed E-state index contributed by atoms with van der Waals surface area (Å²) < 4.78 is 38.1. The second-order valence-electron chi connectivity index (χ2n) is 7.54. The molecule has 7 nitrogen and oxygen atoms in total. The number of anilines is 1. The molecular weight excluding hydrogens is 404 g/mol. The van der Waals surface area contributed by atoms with Crippen molar-refractivity contribution in [3.8, 4) is 11.5 Å². The maximum absolute atomic E-state index is 13.1. The molecule has 0 radical (unpaired) electrons. The van der Waals surface area contributed by atoms with Crippen LogP contribution in [0.1, 0.15) is 24.0 Å². The minimum atomic E-state index is -3.65. The Morgan fingerprint density at radius 3 is 2.30 bits per heavy atom. The van der Waals surface area contributed by atoms with E-state index in [0.717, 1.165) is 11.1 Å². The Kier molecular flexibility index (Phi) is 6.67. The Balaban J connectivity index is 1.75. The number of carbonyl (C=O) groups is 1. The molecule has 30 heavy (non-hydrogen) atoms. The zero-order valence-electron chi connectivity index (χ0n) is 17.8. The SMILES string of the molecule is COc1cc(NC(=O)C2CCCN(S(=O)(=O)c3ccc(C)c(C)c3)C2)cc(OC)c1. The summed E-state index contributed by atoms with van der Waals surface area (Å²) in [5.41, 5.74) is 2.51. The van der Waals surface area contributed by atoms with Crippen molar-refractivity contribution in [1.29, 1.82) is 0 Å². The lowest BCUT2D eigenvalue weighted by molar-refractivity contribution is -0.120. The molecule has 0 bridgehead atoms. The van der Waals surface area contributed by atoms with Crippen LogP contribution in [0.5, 0.6) is 11.5 Å². The van der Waals surface area contributed by atoms with Gasteiger partial charge in [-0.25, -0.2) is 8.42 Å². The van der Waals surface area contributed by atoms with Gasteiger partial charge < -0.3 is 14.8 Å². The summed E-state index contributed by atoms with van der Waals surface area (Å²) in [5, 5.41) is 2.87. The van der Waals surface area contributed by atoms with E-state index < -0.39 is 15.9 Å². The molecule has 0 spiro atoms. The van der Waals surface area contributed by atoms with Gasteiger partial charge in [-0.15, -0.1) is 0 Å². The zero-order valence-corrected chi connectivity index (χ0v) is 18.6. The van der Waals surface area contributed by atoms with E-state index in [1.165, 1.54) is 18.5 Å². The van der Waals surface area contributed by atoms with Crippen molar-refractivity contribution in [2.24, 2.45) is 5.92 Å². The van der Waals surface area contributed by atoms with Gasteiger partial charge in [-0.1, -0.05) is 6.07 Å². The first-order valence-corrected chi connectivity index (χ1v) is 11.3. The topological polar surface area (TPSA) is 84.9 Å². The van der Waals surface area contributed by atoms with E-state index in [-0.39, 0.29) is 17.3 Å². The van der Waals surface area contributed by atoms with Gasteiger partial charge in [0.15, 0.2) is 0 Å². The molecule has 1 aliphatic heterocycles. The molecule has 1 saturated heterocycles. The summed E-state index contributed by atoms with van der Waals surface area (Å²) in [5.74, 6) is 0.474. The van der Waals surface area contributed by atoms with Gasteiger partial charge in [0.25, 0.3) is 0 Å². The molecule has 1 amide bonds. The lowest BCUT2D eigenvalue weighted by Crippen LogP contribution is -2.43. The van der Waals surface area contributed by atoms with Crippen LogP contribution in [0, 0.1) is 19.8 Å². The monoisotopic (exact) mass is 432 g/mol. The third kappa shape index (κ3) is 4.76. The van der Waals surface area contributed by atoms with E-state index >= 15 is 0 Å². The average molecular weight is 433 g/mol. The van der Waals surface area contributed by atoms with Gasteiger partial charge in [-0.05, 0) is 49.9 Å². The van der Waals surface area contributed by atoms with Crippen LogP contribution >= 0.6 is 0 Å². The summed E-state index contributed by atoms with van der Waals surface area (Å²) in [6.45, 7) is 4.40. The Hall–Kier alpha value is -2.58. The predicted molar refractivity (Wildman–Crippen MR) is 116 cm³/mol. The fourth-order valence-electron chi connectivity index (χ4n) is 3.52. The summed E-state index contributed by atoms with van der Waals surface area (Å²) in [6.07, 6.45) is 1.26. The molecule has 1 heterocycles. The number of nitrogens with one attached hydrogen (secondary N) is 1. The van der Waals surface area contributed by atoms with Gasteiger partial charge in [0.2, 0.25) is 15.9 Å². The number of rotatable bonds is 6. The Bertz CT molecular complexity index is 1010. The van der Waals surface area contributed by atoms with Crippen LogP contribution in [0.2, 0.25) is 0 Å². The van der Waals surface area contributed by atoms with E-state index in [1.54, 1.807) is 30.3 Å². The van der Waals surface area contributed by atoms with Crippen molar-refractivity contribution in [2.75, 3.05) is 32.6 Å². The second kappa shape index (κ2) is 9.06. The van der Waals surface area contributed by atoms with Crippen LogP contribution in [-0.4, -0.2) is 45.9 Å². The van der Waals surface area contributed by atoms with Gasteiger partial charge in [0, 0.05) is 37.0 Å². The number of carbonyl (C=O) groups excluding carboxylic acids is 1. The number of aryl methyl sites for hydroxylation is 2. The number of hydrogen-bond acceptors (Lipinski definition) is 5. The van der Waals surface area contributed by atoms with Crippen molar-refractivity contribution in [3.05, 3.63) is 47.5 Å². The molecule has 3 rings (SSSR count). The number of nitrogens with zero attached hydrogens (tertiary/aromatic N) is 1. The van der Waals surface area contributed by atoms with Crippen LogP contribution in [0.4, 0.5) is 5.69 Å². The van der Waals surface area contributed by atoms with Crippen LogP contribution in [0.15, 0.2) is 41.3 Å². The zero-order chi connectivity index (χ0) is 21.9. The maximum atomic E-state index is 13.1. The first-order valence-electron chi connectivity index (χ1n) is 9.86. The quantitative estimate of drug-likeness (QED) is 0.757. The molecule has 8 heteroatoms. The highest BCUT2D eigenvalue weighted by atomic mass is 32.2. The number of piperidine rings is 1. The summed E-state index contributed by atoms with van der Waals surface area (Å²) in [7, 11) is -0.571. The lowest BCUT2D eigenvalue weighted by Gasteiger charge is -2.31. The van der Waals surface area contributed by atoms with Crippen LogP contribution in [0.25, 0.3) is 0 Å². The number of ether oxygens (including phenoxy) is 2. The van der Waals surface area contributed by atoms with Gasteiger partial charge in [0.05, 0.1) is 25.0 Å². The maximum Gasteiger partial charge on any atom is 0.243 e. The second-order valence-corrected chi connectivity index (χ2v) is 9.48. The van der Waals surface area contributed by atoms with E-state index in [2.05, 4.69) is 5.32 Å². The molecule has 2 aromatic carbocycles. The third-order valence-corrected chi connectivity index (χ3v) is 7.35. The molecule has 1 atom stereocenters. The minimum absolute atomic E-state index is 0.155. The van der Waals surface area contributed by atoms with Crippen LogP contribution < -0.4 is 14.8 Å². The van der Waals surface area contributed by atoms with Crippen molar-refractivity contribution in [3.63, 3.8) is 0 Å². The molecule has 1 fully saturated rings. The average Bonchev–Trinajstić information content (AvgIpc) is 2.75. The number of amides is 1. The van der Waals surface area contributed by atoms with E-state index in [1.807, 2.05) is 19.9 Å². The summed E-state index contributed by atoms with van der Waals surface area (Å²) in [6, 6.07) is 10.3. The first kappa shape index (κ1) is 22.1. The van der Waals surface area contributed by atoms with Gasteiger partial charge >= 0.3 is 0 Å². The van der Waals surface area contributed by atoms with Gasteiger partial charge in [0.1, 0.15) is 11.5 Å². The van der Waals surface area contributed by atoms with Gasteiger partial charge in [-0.3, -0.25) is 4.79 Å². The summed E-state index contributed by atoms with van der Waals surface area (Å²) in [4.78, 5) is 13.1. The smallest absolute Gasteiger partial charge is 0.243 e. The highest BCUT2D eigenvalue weighted by Crippen LogP contribution is 2.28. The van der Waals surface area contributed by atoms with Crippen molar-refractivity contribution >= 4 is 21.6 Å². The van der Waals surface area contributed by atoms with Crippen LogP contribution in [0.3, 0.4) is 0 Å². The highest BCUT2D eigenvalue weighted by molar-refractivity contribution is 7.89. The van der Waals surface area contributed by atoms with Gasteiger partial charge in [-0.2, -0.15) is 4.31 Å². The first-order chi connectivity index (χ1) is 14.2. The fourth-order valence-corrected chi connectivity index (χ4v) is 5.13. The molecule has 2 aromatic rings. The third-order valence-electron chi connectivity index (χ3n) is 5.49. The number of methoxy groups -OCH3 is 2.